The molecular formula is C28H27FIN3O7. The van der Waals surface area contributed by atoms with E-state index >= 15 is 4.39 Å². The molecule has 0 unspecified atom stereocenters. The monoisotopic (exact) mass is 663 g/mol. The zero-order valence-corrected chi connectivity index (χ0v) is 24.2. The molecule has 0 saturated heterocycles. The maximum Gasteiger partial charge on any atom is 0.261 e. The number of carbonyl (C=O) groups excluding carboxylic acids is 1. The summed E-state index contributed by atoms with van der Waals surface area (Å²) in [6, 6.07) is 9.44. The summed E-state index contributed by atoms with van der Waals surface area (Å²) in [6.45, 7) is 1.39. The van der Waals surface area contributed by atoms with Gasteiger partial charge in [-0.3, -0.25) is 14.8 Å². The summed E-state index contributed by atoms with van der Waals surface area (Å²) in [5.74, 6) is 0.491. The summed E-state index contributed by atoms with van der Waals surface area (Å²) in [7, 11) is 4.62. The van der Waals surface area contributed by atoms with Crippen LogP contribution in [0.2, 0.25) is 0 Å². The van der Waals surface area contributed by atoms with Crippen molar-refractivity contribution in [2.24, 2.45) is 0 Å². The van der Waals surface area contributed by atoms with Crippen molar-refractivity contribution in [2.75, 3.05) is 53.1 Å². The SMILES string of the molecule is COCCOc1cc2nccc(Oc3c(F)cc(NC(=O)c4cnccc4OC)cc3I)c2cc1OCCOC. The molecule has 210 valence electrons. The summed E-state index contributed by atoms with van der Waals surface area (Å²) in [6.07, 6.45) is 4.45. The molecule has 0 aliphatic carbocycles. The summed E-state index contributed by atoms with van der Waals surface area (Å²) in [5, 5.41) is 3.26. The van der Waals surface area contributed by atoms with Gasteiger partial charge in [-0.25, -0.2) is 4.39 Å². The van der Waals surface area contributed by atoms with Crippen molar-refractivity contribution in [3.05, 3.63) is 69.9 Å². The fraction of sp³-hybridized carbons (Fsp3) is 0.250. The Kier molecular flexibility index (Phi) is 10.3. The zero-order valence-electron chi connectivity index (χ0n) is 22.0. The number of rotatable bonds is 13. The van der Waals surface area contributed by atoms with Gasteiger partial charge in [0, 0.05) is 56.0 Å². The van der Waals surface area contributed by atoms with Crippen molar-refractivity contribution in [1.29, 1.82) is 0 Å². The van der Waals surface area contributed by atoms with Gasteiger partial charge in [0.2, 0.25) is 0 Å². The van der Waals surface area contributed by atoms with E-state index in [0.29, 0.717) is 63.9 Å². The quantitative estimate of drug-likeness (QED) is 0.147. The minimum Gasteiger partial charge on any atom is -0.496 e. The first kappa shape index (κ1) is 29.2. The van der Waals surface area contributed by atoms with Crippen molar-refractivity contribution in [3.8, 4) is 28.7 Å². The van der Waals surface area contributed by atoms with E-state index in [1.807, 2.05) is 22.6 Å². The summed E-state index contributed by atoms with van der Waals surface area (Å²) in [4.78, 5) is 21.1. The predicted octanol–water partition coefficient (Wildman–Crippen LogP) is 5.48. The number of amides is 1. The Hall–Kier alpha value is -3.75. The Morgan fingerprint density at radius 3 is 2.27 bits per heavy atom. The number of hydrogen-bond acceptors (Lipinski definition) is 9. The fourth-order valence-electron chi connectivity index (χ4n) is 3.68. The minimum atomic E-state index is -0.665. The molecule has 0 aliphatic rings. The molecule has 10 nitrogen and oxygen atoms in total. The molecular weight excluding hydrogens is 636 g/mol. The number of pyridine rings is 2. The van der Waals surface area contributed by atoms with Crippen LogP contribution in [-0.2, 0) is 9.47 Å². The van der Waals surface area contributed by atoms with E-state index in [-0.39, 0.29) is 17.0 Å². The molecule has 4 aromatic rings. The minimum absolute atomic E-state index is 0.00710. The third-order valence-electron chi connectivity index (χ3n) is 5.57. The van der Waals surface area contributed by atoms with Gasteiger partial charge < -0.3 is 33.7 Å². The van der Waals surface area contributed by atoms with Crippen molar-refractivity contribution in [1.82, 2.24) is 9.97 Å². The van der Waals surface area contributed by atoms with Crippen LogP contribution < -0.4 is 24.3 Å². The topological polar surface area (TPSA) is 110 Å². The van der Waals surface area contributed by atoms with Gasteiger partial charge in [0.25, 0.3) is 5.91 Å². The second kappa shape index (κ2) is 14.1. The highest BCUT2D eigenvalue weighted by Gasteiger charge is 2.19. The number of carbonyl (C=O) groups is 1. The van der Waals surface area contributed by atoms with Crippen LogP contribution in [0.1, 0.15) is 10.4 Å². The molecule has 0 fully saturated rings. The Labute approximate surface area is 243 Å². The summed E-state index contributed by atoms with van der Waals surface area (Å²) >= 11 is 1.95. The third-order valence-corrected chi connectivity index (χ3v) is 6.37. The van der Waals surface area contributed by atoms with Gasteiger partial charge in [-0.2, -0.15) is 0 Å². The zero-order chi connectivity index (χ0) is 28.5. The molecule has 2 heterocycles. The van der Waals surface area contributed by atoms with Gasteiger partial charge in [0.1, 0.15) is 24.7 Å². The first-order valence-corrected chi connectivity index (χ1v) is 13.2. The van der Waals surface area contributed by atoms with E-state index in [2.05, 4.69) is 15.3 Å². The number of nitrogens with zero attached hydrogens (tertiary/aromatic N) is 2. The van der Waals surface area contributed by atoms with E-state index < -0.39 is 11.7 Å². The van der Waals surface area contributed by atoms with Gasteiger partial charge in [0.05, 0.1) is 35.0 Å². The van der Waals surface area contributed by atoms with Crippen LogP contribution in [0.3, 0.4) is 0 Å². The number of nitrogens with one attached hydrogen (secondary N) is 1. The van der Waals surface area contributed by atoms with Crippen molar-refractivity contribution >= 4 is 45.1 Å². The Morgan fingerprint density at radius 2 is 1.60 bits per heavy atom. The second-order valence-electron chi connectivity index (χ2n) is 8.21. The van der Waals surface area contributed by atoms with Crippen molar-refractivity contribution < 1.29 is 37.6 Å². The second-order valence-corrected chi connectivity index (χ2v) is 9.37. The van der Waals surface area contributed by atoms with E-state index in [1.165, 1.54) is 25.6 Å². The first-order valence-electron chi connectivity index (χ1n) is 12.1. The van der Waals surface area contributed by atoms with Gasteiger partial charge in [0.15, 0.2) is 23.1 Å². The fourth-order valence-corrected chi connectivity index (χ4v) is 4.38. The predicted molar refractivity (Wildman–Crippen MR) is 154 cm³/mol. The maximum atomic E-state index is 15.3. The molecule has 0 bridgehead atoms. The van der Waals surface area contributed by atoms with E-state index in [9.17, 15) is 4.79 Å². The highest BCUT2D eigenvalue weighted by atomic mass is 127. The lowest BCUT2D eigenvalue weighted by Gasteiger charge is -2.16. The van der Waals surface area contributed by atoms with Crippen molar-refractivity contribution in [3.63, 3.8) is 0 Å². The molecule has 0 atom stereocenters. The van der Waals surface area contributed by atoms with Crippen molar-refractivity contribution in [2.45, 2.75) is 0 Å². The molecule has 0 radical (unpaired) electrons. The van der Waals surface area contributed by atoms with Crippen LogP contribution in [0.4, 0.5) is 10.1 Å². The molecule has 4 rings (SSSR count). The molecule has 0 spiro atoms. The number of methoxy groups -OCH3 is 3. The number of anilines is 1. The van der Waals surface area contributed by atoms with Gasteiger partial charge in [-0.05, 0) is 46.9 Å². The first-order chi connectivity index (χ1) is 19.4. The molecule has 1 N–H and O–H groups in total. The standard InChI is InChI=1S/C28H27FIN3O7/c1-35-8-10-38-25-14-18-22(15-26(25)39-11-9-36-2)32-7-5-24(18)40-27-20(29)12-17(13-21(27)30)33-28(34)19-16-31-6-4-23(19)37-3/h4-7,12-16H,8-11H2,1-3H3,(H,33,34). The van der Waals surface area contributed by atoms with Crippen LogP contribution in [0.5, 0.6) is 28.7 Å². The molecule has 0 saturated carbocycles. The molecule has 12 heteroatoms. The number of aromatic nitrogens is 2. The molecule has 40 heavy (non-hydrogen) atoms. The summed E-state index contributed by atoms with van der Waals surface area (Å²) in [5.41, 5.74) is 1.03. The lowest BCUT2D eigenvalue weighted by Crippen LogP contribution is -2.14. The third kappa shape index (κ3) is 7.06. The molecule has 0 aliphatic heterocycles. The van der Waals surface area contributed by atoms with Gasteiger partial charge in [-0.15, -0.1) is 0 Å². The van der Waals surface area contributed by atoms with Gasteiger partial charge >= 0.3 is 0 Å². The number of hydrogen-bond donors (Lipinski definition) is 1. The highest BCUT2D eigenvalue weighted by molar-refractivity contribution is 14.1. The molecule has 1 amide bonds. The Balaban J connectivity index is 1.62. The van der Waals surface area contributed by atoms with Crippen LogP contribution in [0, 0.1) is 9.39 Å². The lowest BCUT2D eigenvalue weighted by molar-refractivity contribution is 0.102. The van der Waals surface area contributed by atoms with Crippen LogP contribution in [0.25, 0.3) is 10.9 Å². The highest BCUT2D eigenvalue weighted by Crippen LogP contribution is 2.39. The average molecular weight is 663 g/mol. The maximum absolute atomic E-state index is 15.3. The molecule has 2 aromatic heterocycles. The van der Waals surface area contributed by atoms with E-state index in [0.717, 1.165) is 0 Å². The normalized spacial score (nSPS) is 10.8. The smallest absolute Gasteiger partial charge is 0.261 e. The largest absolute Gasteiger partial charge is 0.496 e. The number of ether oxygens (including phenoxy) is 6. The van der Waals surface area contributed by atoms with Crippen LogP contribution in [-0.4, -0.2) is 63.6 Å². The summed E-state index contributed by atoms with van der Waals surface area (Å²) < 4.78 is 48.9. The van der Waals surface area contributed by atoms with E-state index in [4.69, 9.17) is 28.4 Å². The lowest BCUT2D eigenvalue weighted by atomic mass is 10.1. The number of halogens is 2. The van der Waals surface area contributed by atoms with Crippen LogP contribution >= 0.6 is 22.6 Å². The van der Waals surface area contributed by atoms with Crippen LogP contribution in [0.15, 0.2) is 55.0 Å². The van der Waals surface area contributed by atoms with E-state index in [1.54, 1.807) is 50.7 Å². The Bertz CT molecular complexity index is 1470. The number of fused-ring (bicyclic) bond motifs is 1. The average Bonchev–Trinajstić information content (AvgIpc) is 2.95. The molecule has 2 aromatic carbocycles. The van der Waals surface area contributed by atoms with Gasteiger partial charge in [-0.1, -0.05) is 0 Å². The Morgan fingerprint density at radius 1 is 0.900 bits per heavy atom. The number of benzene rings is 2.